The molecule has 4 rings (SSSR count). The van der Waals surface area contributed by atoms with Crippen LogP contribution in [0.3, 0.4) is 0 Å². The number of carboxylic acid groups (broad SMARTS) is 1. The van der Waals surface area contributed by atoms with Crippen LogP contribution in [-0.2, 0) is 23.2 Å². The molecular weight excluding hydrogens is 437 g/mol. The van der Waals surface area contributed by atoms with E-state index in [2.05, 4.69) is 47.0 Å². The number of aliphatic carboxylic acids is 1. The van der Waals surface area contributed by atoms with Crippen LogP contribution in [0.15, 0.2) is 55.4 Å². The van der Waals surface area contributed by atoms with Crippen molar-refractivity contribution in [3.63, 3.8) is 0 Å². The lowest BCUT2D eigenvalue weighted by molar-refractivity contribution is -0.192. The number of carbonyl (C=O) groups is 2. The van der Waals surface area contributed by atoms with Crippen LogP contribution < -0.4 is 0 Å². The van der Waals surface area contributed by atoms with E-state index in [1.165, 1.54) is 11.1 Å². The lowest BCUT2D eigenvalue weighted by Gasteiger charge is -2.29. The Kier molecular flexibility index (Phi) is 7.26. The van der Waals surface area contributed by atoms with Crippen molar-refractivity contribution in [2.24, 2.45) is 12.5 Å². The van der Waals surface area contributed by atoms with Gasteiger partial charge >= 0.3 is 12.1 Å². The number of benzene rings is 1. The van der Waals surface area contributed by atoms with Crippen LogP contribution in [0, 0.1) is 5.41 Å². The first-order chi connectivity index (χ1) is 15.6. The Labute approximate surface area is 190 Å². The number of aromatic nitrogens is 2. The minimum Gasteiger partial charge on any atom is -0.475 e. The summed E-state index contributed by atoms with van der Waals surface area (Å²) in [6, 6.07) is 10.5. The van der Waals surface area contributed by atoms with Crippen molar-refractivity contribution in [3.8, 4) is 0 Å². The highest BCUT2D eigenvalue weighted by Crippen LogP contribution is 2.50. The molecule has 2 saturated heterocycles. The highest BCUT2D eigenvalue weighted by molar-refractivity contribution is 5.87. The quantitative estimate of drug-likeness (QED) is 0.689. The van der Waals surface area contributed by atoms with E-state index in [-0.39, 0.29) is 11.3 Å². The van der Waals surface area contributed by atoms with Gasteiger partial charge in [0.15, 0.2) is 0 Å². The Hall–Kier alpha value is -3.14. The third-order valence-corrected chi connectivity index (χ3v) is 6.11. The van der Waals surface area contributed by atoms with Crippen molar-refractivity contribution in [2.75, 3.05) is 26.2 Å². The van der Waals surface area contributed by atoms with Gasteiger partial charge in [0.25, 0.3) is 0 Å². The minimum atomic E-state index is -5.08. The van der Waals surface area contributed by atoms with Crippen molar-refractivity contribution in [3.05, 3.63) is 66.5 Å². The van der Waals surface area contributed by atoms with E-state index >= 15 is 0 Å². The molecule has 0 bridgehead atoms. The highest BCUT2D eigenvalue weighted by Gasteiger charge is 2.56. The van der Waals surface area contributed by atoms with Crippen LogP contribution in [0.1, 0.15) is 23.5 Å². The second kappa shape index (κ2) is 9.78. The van der Waals surface area contributed by atoms with E-state index in [0.717, 1.165) is 32.6 Å². The Morgan fingerprint density at radius 2 is 2.00 bits per heavy atom. The zero-order chi connectivity index (χ0) is 24.2. The van der Waals surface area contributed by atoms with Crippen molar-refractivity contribution < 1.29 is 27.9 Å². The second-order valence-electron chi connectivity index (χ2n) is 8.40. The summed E-state index contributed by atoms with van der Waals surface area (Å²) >= 11 is 0. The Bertz CT molecular complexity index is 992. The minimum absolute atomic E-state index is 0.239. The van der Waals surface area contributed by atoms with E-state index in [0.29, 0.717) is 12.5 Å². The molecule has 2 aliphatic rings. The van der Waals surface area contributed by atoms with Crippen LogP contribution in [0.2, 0.25) is 0 Å². The molecule has 3 heterocycles. The molecule has 2 fully saturated rings. The molecule has 1 amide bonds. The number of hydrogen-bond donors (Lipinski definition) is 1. The van der Waals surface area contributed by atoms with Crippen LogP contribution in [0.25, 0.3) is 0 Å². The van der Waals surface area contributed by atoms with Gasteiger partial charge in [-0.05, 0) is 12.0 Å². The van der Waals surface area contributed by atoms with Gasteiger partial charge in [0.1, 0.15) is 0 Å². The number of aryl methyl sites for hydroxylation is 1. The van der Waals surface area contributed by atoms with Crippen molar-refractivity contribution >= 4 is 11.9 Å². The molecule has 0 saturated carbocycles. The molecule has 1 N–H and O–H groups in total. The number of amides is 1. The molecule has 0 unspecified atom stereocenters. The molecule has 2 atom stereocenters. The van der Waals surface area contributed by atoms with Crippen molar-refractivity contribution in [1.82, 2.24) is 19.6 Å². The molecule has 10 heteroatoms. The smallest absolute Gasteiger partial charge is 0.475 e. The lowest BCUT2D eigenvalue weighted by Crippen LogP contribution is -2.39. The molecule has 2 aliphatic heterocycles. The molecule has 7 nitrogen and oxygen atoms in total. The Morgan fingerprint density at radius 1 is 1.33 bits per heavy atom. The lowest BCUT2D eigenvalue weighted by atomic mass is 9.73. The average Bonchev–Trinajstić information content (AvgIpc) is 3.43. The maximum atomic E-state index is 13.3. The van der Waals surface area contributed by atoms with Gasteiger partial charge in [0, 0.05) is 57.4 Å². The van der Waals surface area contributed by atoms with Gasteiger partial charge in [0.05, 0.1) is 11.6 Å². The zero-order valence-electron chi connectivity index (χ0n) is 18.3. The Balaban J connectivity index is 0.000000383. The molecule has 1 spiro atoms. The molecule has 1 aromatic heterocycles. The molecule has 2 aromatic rings. The summed E-state index contributed by atoms with van der Waals surface area (Å²) in [5.74, 6) is -2.23. The van der Waals surface area contributed by atoms with E-state index in [9.17, 15) is 18.0 Å². The number of carboxylic acids is 1. The summed E-state index contributed by atoms with van der Waals surface area (Å²) < 4.78 is 33.6. The van der Waals surface area contributed by atoms with Gasteiger partial charge in [-0.2, -0.15) is 18.3 Å². The standard InChI is InChI=1S/C21H26N4O.C2HF3O2/c1-3-10-25-11-9-21(20(25)26)16-24(14-17-12-22-23(2)13-17)15-19(21)18-7-5-4-6-8-18;3-2(4,5)1(6)7/h3-8,12-13,19H,1,9-11,14-16H2,2H3;(H,6,7)/t19-,21+;/m0./s1. The predicted molar refractivity (Wildman–Crippen MR) is 115 cm³/mol. The SMILES string of the molecule is C=CCN1CC[C@]2(CN(Cc3cnn(C)c3)C[C@H]2c2ccccc2)C1=O.O=C(O)C(F)(F)F. The first-order valence-corrected chi connectivity index (χ1v) is 10.5. The van der Waals surface area contributed by atoms with Gasteiger partial charge in [0.2, 0.25) is 5.91 Å². The first kappa shape index (κ1) is 24.5. The number of rotatable bonds is 5. The Morgan fingerprint density at radius 3 is 2.55 bits per heavy atom. The van der Waals surface area contributed by atoms with Crippen LogP contribution in [-0.4, -0.2) is 68.9 Å². The summed E-state index contributed by atoms with van der Waals surface area (Å²) in [5.41, 5.74) is 2.16. The number of likely N-dealkylation sites (tertiary alicyclic amines) is 2. The van der Waals surface area contributed by atoms with E-state index < -0.39 is 12.1 Å². The van der Waals surface area contributed by atoms with E-state index in [1.807, 2.05) is 35.0 Å². The normalized spacial score (nSPS) is 23.0. The second-order valence-corrected chi connectivity index (χ2v) is 8.40. The van der Waals surface area contributed by atoms with Gasteiger partial charge in [-0.15, -0.1) is 6.58 Å². The van der Waals surface area contributed by atoms with Crippen molar-refractivity contribution in [2.45, 2.75) is 25.1 Å². The molecular formula is C23H27F3N4O3. The fourth-order valence-corrected chi connectivity index (χ4v) is 4.71. The number of alkyl halides is 3. The fraction of sp³-hybridized carbons (Fsp3) is 0.435. The fourth-order valence-electron chi connectivity index (χ4n) is 4.71. The maximum absolute atomic E-state index is 13.3. The van der Waals surface area contributed by atoms with Crippen molar-refractivity contribution in [1.29, 1.82) is 0 Å². The molecule has 178 valence electrons. The monoisotopic (exact) mass is 464 g/mol. The summed E-state index contributed by atoms with van der Waals surface area (Å²) in [5, 5.41) is 11.4. The molecule has 1 aromatic carbocycles. The van der Waals surface area contributed by atoms with Gasteiger partial charge in [-0.3, -0.25) is 14.4 Å². The number of hydrogen-bond acceptors (Lipinski definition) is 4. The van der Waals surface area contributed by atoms with E-state index in [1.54, 1.807) is 0 Å². The highest BCUT2D eigenvalue weighted by atomic mass is 19.4. The third-order valence-electron chi connectivity index (χ3n) is 6.11. The summed E-state index contributed by atoms with van der Waals surface area (Å²) in [7, 11) is 1.94. The molecule has 0 radical (unpaired) electrons. The largest absolute Gasteiger partial charge is 0.490 e. The number of carbonyl (C=O) groups excluding carboxylic acids is 1. The topological polar surface area (TPSA) is 78.7 Å². The predicted octanol–water partition coefficient (Wildman–Crippen LogP) is 3.06. The molecule has 33 heavy (non-hydrogen) atoms. The van der Waals surface area contributed by atoms with Gasteiger partial charge < -0.3 is 10.0 Å². The first-order valence-electron chi connectivity index (χ1n) is 10.5. The summed E-state index contributed by atoms with van der Waals surface area (Å²) in [6.07, 6.45) is 1.64. The zero-order valence-corrected chi connectivity index (χ0v) is 18.3. The molecule has 0 aliphatic carbocycles. The summed E-state index contributed by atoms with van der Waals surface area (Å²) in [6.45, 7) is 7.85. The van der Waals surface area contributed by atoms with Gasteiger partial charge in [-0.25, -0.2) is 4.79 Å². The van der Waals surface area contributed by atoms with Crippen LogP contribution in [0.4, 0.5) is 13.2 Å². The van der Waals surface area contributed by atoms with E-state index in [4.69, 9.17) is 9.90 Å². The van der Waals surface area contributed by atoms with Crippen LogP contribution in [0.5, 0.6) is 0 Å². The number of nitrogens with zero attached hydrogens (tertiary/aromatic N) is 4. The van der Waals surface area contributed by atoms with Gasteiger partial charge in [-0.1, -0.05) is 36.4 Å². The average molecular weight is 464 g/mol. The number of halogens is 3. The van der Waals surface area contributed by atoms with Crippen LogP contribution >= 0.6 is 0 Å². The third kappa shape index (κ3) is 5.44. The summed E-state index contributed by atoms with van der Waals surface area (Å²) in [4.78, 5) is 26.6. The maximum Gasteiger partial charge on any atom is 0.490 e.